The van der Waals surface area contributed by atoms with Crippen LogP contribution in [-0.4, -0.2) is 102 Å². The molecule has 2 saturated heterocycles. The van der Waals surface area contributed by atoms with Crippen LogP contribution in [0.2, 0.25) is 0 Å². The number of urea groups is 1. The second-order valence-corrected chi connectivity index (χ2v) is 9.17. The molecule has 3 amide bonds. The van der Waals surface area contributed by atoms with Crippen molar-refractivity contribution in [3.63, 3.8) is 0 Å². The molecule has 4 heterocycles. The van der Waals surface area contributed by atoms with Crippen LogP contribution in [0.25, 0.3) is 22.4 Å². The number of morpholine rings is 1. The molecule has 5 rings (SSSR count). The molecule has 38 heavy (non-hydrogen) atoms. The fourth-order valence-corrected chi connectivity index (χ4v) is 4.79. The third-order valence-corrected chi connectivity index (χ3v) is 6.79. The molecule has 1 aromatic carbocycles. The van der Waals surface area contributed by atoms with Gasteiger partial charge in [-0.3, -0.25) is 0 Å². The molecular formula is C25H32N8O5. The van der Waals surface area contributed by atoms with Gasteiger partial charge in [-0.2, -0.15) is 5.10 Å². The SMILES string of the molecule is COC(=O)N1CCC(n2ncc3c(N4CCOCC4)nc(-c4ccc(NC(=O)NCCO)cc4)nc32)CC1. The average Bonchev–Trinajstić information content (AvgIpc) is 3.40. The number of nitrogens with zero attached hydrogens (tertiary/aromatic N) is 6. The highest BCUT2D eigenvalue weighted by Gasteiger charge is 2.28. The minimum atomic E-state index is -0.388. The monoisotopic (exact) mass is 524 g/mol. The van der Waals surface area contributed by atoms with E-state index < -0.39 is 0 Å². The van der Waals surface area contributed by atoms with Gasteiger partial charge in [0.25, 0.3) is 0 Å². The van der Waals surface area contributed by atoms with E-state index in [-0.39, 0.29) is 31.3 Å². The Morgan fingerprint density at radius 3 is 2.53 bits per heavy atom. The van der Waals surface area contributed by atoms with Crippen LogP contribution in [0.1, 0.15) is 18.9 Å². The molecule has 0 unspecified atom stereocenters. The molecular weight excluding hydrogens is 492 g/mol. The number of rotatable bonds is 6. The Hall–Kier alpha value is -3.97. The Bertz CT molecular complexity index is 1270. The third-order valence-electron chi connectivity index (χ3n) is 6.79. The van der Waals surface area contributed by atoms with Gasteiger partial charge in [0, 0.05) is 44.0 Å². The van der Waals surface area contributed by atoms with Crippen molar-refractivity contribution in [1.82, 2.24) is 30.0 Å². The molecule has 0 spiro atoms. The van der Waals surface area contributed by atoms with Crippen LogP contribution >= 0.6 is 0 Å². The number of hydrogen-bond donors (Lipinski definition) is 3. The maximum absolute atomic E-state index is 11.9. The van der Waals surface area contributed by atoms with Gasteiger partial charge in [-0.05, 0) is 37.1 Å². The molecule has 0 atom stereocenters. The van der Waals surface area contributed by atoms with E-state index in [9.17, 15) is 9.59 Å². The van der Waals surface area contributed by atoms with Gasteiger partial charge in [0.15, 0.2) is 11.5 Å². The minimum absolute atomic E-state index is 0.0951. The number of hydrogen-bond acceptors (Lipinski definition) is 9. The standard InChI is InChI=1S/C25H32N8O5/c1-37-25(36)32-9-6-19(7-10-32)33-23-20(16-27-33)22(31-11-14-38-15-12-31)29-21(30-23)17-2-4-18(5-3-17)28-24(35)26-8-13-34/h2-5,16,19,34H,6-15H2,1H3,(H2,26,28,35). The number of amides is 3. The molecule has 2 aromatic heterocycles. The zero-order valence-corrected chi connectivity index (χ0v) is 21.3. The second kappa shape index (κ2) is 11.6. The summed E-state index contributed by atoms with van der Waals surface area (Å²) in [4.78, 5) is 37.6. The van der Waals surface area contributed by atoms with Crippen LogP contribution in [0.15, 0.2) is 30.5 Å². The summed E-state index contributed by atoms with van der Waals surface area (Å²) >= 11 is 0. The van der Waals surface area contributed by atoms with Gasteiger partial charge in [-0.1, -0.05) is 0 Å². The number of aromatic nitrogens is 4. The lowest BCUT2D eigenvalue weighted by atomic mass is 10.1. The predicted molar refractivity (Wildman–Crippen MR) is 140 cm³/mol. The quantitative estimate of drug-likeness (QED) is 0.439. The van der Waals surface area contributed by atoms with E-state index in [2.05, 4.69) is 15.5 Å². The van der Waals surface area contributed by atoms with Crippen LogP contribution < -0.4 is 15.5 Å². The highest BCUT2D eigenvalue weighted by atomic mass is 16.5. The van der Waals surface area contributed by atoms with E-state index in [1.54, 1.807) is 17.0 Å². The molecule has 0 radical (unpaired) electrons. The maximum Gasteiger partial charge on any atom is 0.409 e. The van der Waals surface area contributed by atoms with Crippen LogP contribution in [-0.2, 0) is 9.47 Å². The lowest BCUT2D eigenvalue weighted by Gasteiger charge is -2.31. The van der Waals surface area contributed by atoms with Crippen molar-refractivity contribution >= 4 is 34.7 Å². The van der Waals surface area contributed by atoms with Crippen LogP contribution in [0, 0.1) is 0 Å². The van der Waals surface area contributed by atoms with Gasteiger partial charge in [-0.25, -0.2) is 24.2 Å². The lowest BCUT2D eigenvalue weighted by Crippen LogP contribution is -2.39. The number of nitrogens with one attached hydrogen (secondary N) is 2. The Morgan fingerprint density at radius 1 is 1.11 bits per heavy atom. The Labute approximate surface area is 219 Å². The number of likely N-dealkylation sites (tertiary alicyclic amines) is 1. The summed E-state index contributed by atoms with van der Waals surface area (Å²) in [5.41, 5.74) is 2.16. The molecule has 2 fully saturated rings. The van der Waals surface area contributed by atoms with Crippen molar-refractivity contribution in [2.24, 2.45) is 0 Å². The fourth-order valence-electron chi connectivity index (χ4n) is 4.79. The summed E-state index contributed by atoms with van der Waals surface area (Å²) in [6.07, 6.45) is 3.01. The summed E-state index contributed by atoms with van der Waals surface area (Å²) in [6.45, 7) is 3.93. The summed E-state index contributed by atoms with van der Waals surface area (Å²) in [5.74, 6) is 1.38. The van der Waals surface area contributed by atoms with E-state index in [0.717, 1.165) is 48.3 Å². The largest absolute Gasteiger partial charge is 0.453 e. The molecule has 13 heteroatoms. The van der Waals surface area contributed by atoms with Crippen molar-refractivity contribution in [3.05, 3.63) is 30.5 Å². The summed E-state index contributed by atoms with van der Waals surface area (Å²) in [7, 11) is 1.40. The second-order valence-electron chi connectivity index (χ2n) is 9.17. The van der Waals surface area contributed by atoms with Crippen molar-refractivity contribution < 1.29 is 24.2 Å². The maximum atomic E-state index is 11.9. The zero-order valence-electron chi connectivity index (χ0n) is 21.3. The Kier molecular flexibility index (Phi) is 7.84. The predicted octanol–water partition coefficient (Wildman–Crippen LogP) is 1.85. The number of aliphatic hydroxyl groups is 1. The highest BCUT2D eigenvalue weighted by Crippen LogP contribution is 2.32. The highest BCUT2D eigenvalue weighted by molar-refractivity contribution is 5.90. The van der Waals surface area contributed by atoms with Gasteiger partial charge >= 0.3 is 12.1 Å². The summed E-state index contributed by atoms with van der Waals surface area (Å²) in [5, 5.41) is 19.8. The van der Waals surface area contributed by atoms with Crippen molar-refractivity contribution in [1.29, 1.82) is 0 Å². The normalized spacial score (nSPS) is 16.5. The Morgan fingerprint density at radius 2 is 1.84 bits per heavy atom. The van der Waals surface area contributed by atoms with E-state index in [0.29, 0.717) is 37.8 Å². The van der Waals surface area contributed by atoms with Gasteiger partial charge < -0.3 is 35.0 Å². The molecule has 0 saturated carbocycles. The van der Waals surface area contributed by atoms with Crippen LogP contribution in [0.4, 0.5) is 21.1 Å². The number of carbonyl (C=O) groups is 2. The first-order valence-corrected chi connectivity index (χ1v) is 12.7. The topological polar surface area (TPSA) is 147 Å². The van der Waals surface area contributed by atoms with E-state index in [1.807, 2.05) is 23.0 Å². The first-order valence-electron chi connectivity index (χ1n) is 12.7. The molecule has 2 aliphatic rings. The summed E-state index contributed by atoms with van der Waals surface area (Å²) < 4.78 is 12.4. The van der Waals surface area contributed by atoms with Crippen molar-refractivity contribution in [2.45, 2.75) is 18.9 Å². The van der Waals surface area contributed by atoms with E-state index in [1.165, 1.54) is 7.11 Å². The van der Waals surface area contributed by atoms with Crippen LogP contribution in [0.5, 0.6) is 0 Å². The van der Waals surface area contributed by atoms with Crippen molar-refractivity contribution in [3.8, 4) is 11.4 Å². The average molecular weight is 525 g/mol. The number of carbonyl (C=O) groups excluding carboxylic acids is 2. The lowest BCUT2D eigenvalue weighted by molar-refractivity contribution is 0.106. The number of fused-ring (bicyclic) bond motifs is 1. The number of ether oxygens (including phenoxy) is 2. The number of piperidine rings is 1. The molecule has 2 aliphatic heterocycles. The zero-order chi connectivity index (χ0) is 26.5. The molecule has 202 valence electrons. The molecule has 0 aliphatic carbocycles. The smallest absolute Gasteiger partial charge is 0.409 e. The van der Waals surface area contributed by atoms with Gasteiger partial charge in [-0.15, -0.1) is 0 Å². The number of methoxy groups -OCH3 is 1. The fraction of sp³-hybridized carbons (Fsp3) is 0.480. The van der Waals surface area contributed by atoms with Gasteiger partial charge in [0.1, 0.15) is 5.82 Å². The van der Waals surface area contributed by atoms with E-state index >= 15 is 0 Å². The number of aliphatic hydroxyl groups excluding tert-OH is 1. The van der Waals surface area contributed by atoms with Crippen LogP contribution in [0.3, 0.4) is 0 Å². The molecule has 0 bridgehead atoms. The number of benzene rings is 1. The first kappa shape index (κ1) is 25.7. The van der Waals surface area contributed by atoms with E-state index in [4.69, 9.17) is 29.6 Å². The molecule has 3 aromatic rings. The molecule has 3 N–H and O–H groups in total. The third kappa shape index (κ3) is 5.48. The van der Waals surface area contributed by atoms with Gasteiger partial charge in [0.05, 0.1) is 44.6 Å². The number of anilines is 2. The summed E-state index contributed by atoms with van der Waals surface area (Å²) in [6, 6.07) is 7.01. The first-order chi connectivity index (χ1) is 18.6. The Balaban J connectivity index is 1.45. The minimum Gasteiger partial charge on any atom is -0.453 e. The van der Waals surface area contributed by atoms with Gasteiger partial charge in [0.2, 0.25) is 0 Å². The van der Waals surface area contributed by atoms with Crippen molar-refractivity contribution in [2.75, 3.05) is 69.9 Å². The molecule has 13 nitrogen and oxygen atoms in total.